The molecule has 0 saturated heterocycles. The molecule has 22 heavy (non-hydrogen) atoms. The number of rotatable bonds is 6. The van der Waals surface area contributed by atoms with Crippen molar-refractivity contribution in [3.05, 3.63) is 41.6 Å². The Balaban J connectivity index is 1.61. The maximum atomic E-state index is 11.2. The first-order valence-corrected chi connectivity index (χ1v) is 7.25. The molecular weight excluding hydrogens is 282 g/mol. The average Bonchev–Trinajstić information content (AvgIpc) is 3.28. The van der Waals surface area contributed by atoms with Crippen molar-refractivity contribution in [2.24, 2.45) is 5.73 Å². The minimum Gasteiger partial charge on any atom is -0.369 e. The number of carbonyl (C=O) groups excluding carboxylic acids is 1. The summed E-state index contributed by atoms with van der Waals surface area (Å²) in [4.78, 5) is 11.2. The van der Waals surface area contributed by atoms with Crippen LogP contribution in [0.1, 0.15) is 36.2 Å². The highest BCUT2D eigenvalue weighted by molar-refractivity contribution is 5.92. The first-order valence-electron chi connectivity index (χ1n) is 7.25. The quantitative estimate of drug-likeness (QED) is 0.515. The molecule has 6 N–H and O–H groups in total. The van der Waals surface area contributed by atoms with Crippen LogP contribution < -0.4 is 16.4 Å². The minimum absolute atomic E-state index is 0.0611. The average molecular weight is 301 g/mol. The molecule has 1 amide bonds. The molecule has 1 saturated carbocycles. The Morgan fingerprint density at radius 1 is 1.41 bits per heavy atom. The number of aliphatic hydroxyl groups is 1. The second-order valence-corrected chi connectivity index (χ2v) is 5.40. The summed E-state index contributed by atoms with van der Waals surface area (Å²) in [6.07, 6.45) is 1.52. The first kappa shape index (κ1) is 14.6. The number of nitrogens with two attached hydrogens (primary N) is 1. The van der Waals surface area contributed by atoms with Crippen molar-refractivity contribution in [3.63, 3.8) is 0 Å². The predicted molar refractivity (Wildman–Crippen MR) is 83.3 cm³/mol. The van der Waals surface area contributed by atoms with Crippen molar-refractivity contribution in [1.29, 1.82) is 0 Å². The lowest BCUT2D eigenvalue weighted by molar-refractivity contribution is -0.114. The molecule has 3 rings (SSSR count). The molecule has 7 nitrogen and oxygen atoms in total. The van der Waals surface area contributed by atoms with Gasteiger partial charge in [-0.25, -0.2) is 0 Å². The molecule has 1 fully saturated rings. The fourth-order valence-corrected chi connectivity index (χ4v) is 2.20. The number of nitrogens with one attached hydrogen (secondary N) is 3. The number of carbonyl (C=O) groups is 1. The van der Waals surface area contributed by atoms with Gasteiger partial charge in [-0.1, -0.05) is 12.1 Å². The third kappa shape index (κ3) is 3.44. The lowest BCUT2D eigenvalue weighted by Crippen LogP contribution is -2.21. The Kier molecular flexibility index (Phi) is 4.08. The van der Waals surface area contributed by atoms with E-state index in [0.717, 1.165) is 5.69 Å². The maximum absolute atomic E-state index is 11.2. The number of amides is 1. The van der Waals surface area contributed by atoms with E-state index < -0.39 is 6.23 Å². The molecule has 1 aliphatic rings. The number of hydrogen-bond acceptors (Lipinski definition) is 5. The normalized spacial score (nSPS) is 15.4. The summed E-state index contributed by atoms with van der Waals surface area (Å²) in [6, 6.07) is 8.83. The third-order valence-corrected chi connectivity index (χ3v) is 3.60. The lowest BCUT2D eigenvalue weighted by Gasteiger charge is -2.13. The van der Waals surface area contributed by atoms with Crippen LogP contribution in [0.5, 0.6) is 0 Å². The molecule has 0 spiro atoms. The summed E-state index contributed by atoms with van der Waals surface area (Å²) < 4.78 is 0. The van der Waals surface area contributed by atoms with Crippen LogP contribution in [-0.4, -0.2) is 27.8 Å². The Bertz CT molecular complexity index is 648. The number of aromatic nitrogens is 2. The van der Waals surface area contributed by atoms with Gasteiger partial charge in [0.05, 0.1) is 6.54 Å². The summed E-state index contributed by atoms with van der Waals surface area (Å²) in [7, 11) is 0. The zero-order valence-electron chi connectivity index (χ0n) is 12.0. The van der Waals surface area contributed by atoms with Crippen LogP contribution in [0.15, 0.2) is 30.3 Å². The van der Waals surface area contributed by atoms with Crippen LogP contribution in [0, 0.1) is 0 Å². The van der Waals surface area contributed by atoms with Gasteiger partial charge in [0.2, 0.25) is 5.91 Å². The molecule has 1 unspecified atom stereocenters. The summed E-state index contributed by atoms with van der Waals surface area (Å²) in [5.41, 5.74) is 7.67. The van der Waals surface area contributed by atoms with Gasteiger partial charge in [0, 0.05) is 28.9 Å². The van der Waals surface area contributed by atoms with Gasteiger partial charge in [-0.15, -0.1) is 0 Å². The molecule has 0 radical (unpaired) electrons. The second kappa shape index (κ2) is 6.17. The van der Waals surface area contributed by atoms with E-state index in [9.17, 15) is 9.90 Å². The number of benzene rings is 1. The van der Waals surface area contributed by atoms with Crippen LogP contribution in [0.4, 0.5) is 11.5 Å². The zero-order valence-corrected chi connectivity index (χ0v) is 12.0. The molecule has 1 heterocycles. The molecule has 2 aromatic rings. The zero-order chi connectivity index (χ0) is 15.5. The van der Waals surface area contributed by atoms with Crippen LogP contribution >= 0.6 is 0 Å². The van der Waals surface area contributed by atoms with Gasteiger partial charge in [0.15, 0.2) is 6.23 Å². The van der Waals surface area contributed by atoms with Crippen LogP contribution in [-0.2, 0) is 4.79 Å². The number of nitrogens with zero attached hydrogens (tertiary/aromatic N) is 1. The van der Waals surface area contributed by atoms with E-state index in [0.29, 0.717) is 23.0 Å². The molecule has 1 aromatic heterocycles. The van der Waals surface area contributed by atoms with Gasteiger partial charge < -0.3 is 21.5 Å². The third-order valence-electron chi connectivity index (χ3n) is 3.60. The highest BCUT2D eigenvalue weighted by Crippen LogP contribution is 2.39. The molecule has 0 aliphatic heterocycles. The molecule has 1 aromatic carbocycles. The van der Waals surface area contributed by atoms with Crippen molar-refractivity contribution in [3.8, 4) is 0 Å². The maximum Gasteiger partial charge on any atom is 0.238 e. The Labute approximate surface area is 127 Å². The van der Waals surface area contributed by atoms with E-state index in [1.165, 1.54) is 12.8 Å². The molecule has 1 aliphatic carbocycles. The van der Waals surface area contributed by atoms with Crippen LogP contribution in [0.2, 0.25) is 0 Å². The van der Waals surface area contributed by atoms with Gasteiger partial charge >= 0.3 is 0 Å². The van der Waals surface area contributed by atoms with E-state index in [4.69, 9.17) is 5.73 Å². The minimum atomic E-state index is -0.866. The summed E-state index contributed by atoms with van der Waals surface area (Å²) in [5.74, 6) is 0.955. The van der Waals surface area contributed by atoms with Crippen LogP contribution in [0.25, 0.3) is 0 Å². The summed E-state index contributed by atoms with van der Waals surface area (Å²) in [6.45, 7) is -0.0611. The summed E-state index contributed by atoms with van der Waals surface area (Å²) in [5, 5.41) is 22.9. The van der Waals surface area contributed by atoms with Gasteiger partial charge in [-0.05, 0) is 25.0 Å². The molecule has 7 heteroatoms. The topological polar surface area (TPSA) is 116 Å². The number of anilines is 2. The summed E-state index contributed by atoms with van der Waals surface area (Å²) >= 11 is 0. The Morgan fingerprint density at radius 2 is 2.14 bits per heavy atom. The fourth-order valence-electron chi connectivity index (χ4n) is 2.20. The van der Waals surface area contributed by atoms with E-state index in [1.54, 1.807) is 24.3 Å². The SMILES string of the molecule is NCC(=O)Nc1ccc(C(O)Nc2cc(C3CC3)[nH]n2)cc1. The fraction of sp³-hybridized carbons (Fsp3) is 0.333. The molecular formula is C15H19N5O2. The number of aliphatic hydroxyl groups excluding tert-OH is 1. The number of H-pyrrole nitrogens is 1. The smallest absolute Gasteiger partial charge is 0.238 e. The van der Waals surface area contributed by atoms with Gasteiger partial charge in [-0.3, -0.25) is 9.89 Å². The van der Waals surface area contributed by atoms with Crippen molar-refractivity contribution in [1.82, 2.24) is 10.2 Å². The lowest BCUT2D eigenvalue weighted by atomic mass is 10.2. The second-order valence-electron chi connectivity index (χ2n) is 5.40. The number of hydrogen-bond donors (Lipinski definition) is 5. The highest BCUT2D eigenvalue weighted by Gasteiger charge is 2.25. The monoisotopic (exact) mass is 301 g/mol. The predicted octanol–water partition coefficient (Wildman–Crippen LogP) is 1.29. The molecule has 116 valence electrons. The molecule has 1 atom stereocenters. The van der Waals surface area contributed by atoms with Crippen molar-refractivity contribution in [2.45, 2.75) is 25.0 Å². The Hall–Kier alpha value is -2.38. The van der Waals surface area contributed by atoms with E-state index in [1.807, 2.05) is 6.07 Å². The Morgan fingerprint density at radius 3 is 2.77 bits per heavy atom. The van der Waals surface area contributed by atoms with Gasteiger partial charge in [-0.2, -0.15) is 5.10 Å². The molecule has 0 bridgehead atoms. The van der Waals surface area contributed by atoms with Gasteiger partial charge in [0.1, 0.15) is 5.82 Å². The van der Waals surface area contributed by atoms with Crippen molar-refractivity contribution in [2.75, 3.05) is 17.2 Å². The highest BCUT2D eigenvalue weighted by atomic mass is 16.3. The first-order chi connectivity index (χ1) is 10.7. The van der Waals surface area contributed by atoms with E-state index in [-0.39, 0.29) is 12.5 Å². The van der Waals surface area contributed by atoms with Crippen molar-refractivity contribution < 1.29 is 9.90 Å². The van der Waals surface area contributed by atoms with Crippen molar-refractivity contribution >= 4 is 17.4 Å². The standard InChI is InChI=1S/C15H19N5O2/c16-8-14(21)17-11-5-3-10(4-6-11)15(22)18-13-7-12(19-20-13)9-1-2-9/h3-7,9,15,22H,1-2,8,16H2,(H,17,21)(H2,18,19,20). The van der Waals surface area contributed by atoms with E-state index in [2.05, 4.69) is 20.8 Å². The number of aromatic amines is 1. The largest absolute Gasteiger partial charge is 0.369 e. The van der Waals surface area contributed by atoms with Crippen LogP contribution in [0.3, 0.4) is 0 Å². The van der Waals surface area contributed by atoms with Gasteiger partial charge in [0.25, 0.3) is 0 Å². The van der Waals surface area contributed by atoms with E-state index >= 15 is 0 Å².